The molecule has 0 aromatic heterocycles. The Morgan fingerprint density at radius 1 is 1.25 bits per heavy atom. The van der Waals surface area contributed by atoms with E-state index in [0.717, 1.165) is 0 Å². The molecule has 0 fully saturated rings. The molecule has 1 atom stereocenters. The van der Waals surface area contributed by atoms with Crippen molar-refractivity contribution in [3.8, 4) is 0 Å². The van der Waals surface area contributed by atoms with Crippen LogP contribution in [0, 0.1) is 19.8 Å². The normalized spacial score (nSPS) is 12.9. The predicted octanol–water partition coefficient (Wildman–Crippen LogP) is 1.87. The van der Waals surface area contributed by atoms with Crippen LogP contribution in [-0.2, 0) is 19.6 Å². The first-order valence-electron chi connectivity index (χ1n) is 7.44. The molecular weight excluding hydrogens is 334 g/mol. The Morgan fingerprint density at radius 2 is 1.83 bits per heavy atom. The van der Waals surface area contributed by atoms with Crippen molar-refractivity contribution in [3.63, 3.8) is 0 Å². The van der Waals surface area contributed by atoms with Gasteiger partial charge in [0.25, 0.3) is 0 Å². The molecule has 0 bridgehead atoms. The molecule has 7 nitrogen and oxygen atoms in total. The van der Waals surface area contributed by atoms with Crippen LogP contribution >= 0.6 is 0 Å². The summed E-state index contributed by atoms with van der Waals surface area (Å²) in [4.78, 5) is 22.9. The Hall–Kier alpha value is -1.93. The van der Waals surface area contributed by atoms with Gasteiger partial charge in [-0.2, -0.15) is 4.72 Å². The summed E-state index contributed by atoms with van der Waals surface area (Å²) in [5, 5.41) is 9.24. The van der Waals surface area contributed by atoms with Gasteiger partial charge in [0.1, 0.15) is 6.04 Å². The Kier molecular flexibility index (Phi) is 6.50. The van der Waals surface area contributed by atoms with Crippen LogP contribution in [0.3, 0.4) is 0 Å². The molecule has 24 heavy (non-hydrogen) atoms. The van der Waals surface area contributed by atoms with Crippen LogP contribution < -0.4 is 4.72 Å². The summed E-state index contributed by atoms with van der Waals surface area (Å²) in [6.07, 6.45) is 0.156. The van der Waals surface area contributed by atoms with Gasteiger partial charge in [-0.3, -0.25) is 4.79 Å². The van der Waals surface area contributed by atoms with Crippen molar-refractivity contribution in [2.24, 2.45) is 5.92 Å². The monoisotopic (exact) mass is 357 g/mol. The molecule has 134 valence electrons. The number of ether oxygens (including phenoxy) is 1. The van der Waals surface area contributed by atoms with Gasteiger partial charge < -0.3 is 9.84 Å². The highest BCUT2D eigenvalue weighted by Gasteiger charge is 2.28. The highest BCUT2D eigenvalue weighted by Crippen LogP contribution is 2.22. The summed E-state index contributed by atoms with van der Waals surface area (Å²) in [6.45, 7) is 6.88. The van der Waals surface area contributed by atoms with E-state index in [1.807, 2.05) is 0 Å². The lowest BCUT2D eigenvalue weighted by molar-refractivity contribution is -0.139. The van der Waals surface area contributed by atoms with Crippen molar-refractivity contribution in [3.05, 3.63) is 28.8 Å². The lowest BCUT2D eigenvalue weighted by Gasteiger charge is -2.18. The van der Waals surface area contributed by atoms with E-state index < -0.39 is 28.0 Å². The minimum atomic E-state index is -4.11. The number of esters is 1. The van der Waals surface area contributed by atoms with Crippen molar-refractivity contribution < 1.29 is 27.9 Å². The number of rotatable bonds is 7. The number of hydrogen-bond acceptors (Lipinski definition) is 5. The van der Waals surface area contributed by atoms with Crippen molar-refractivity contribution in [2.75, 3.05) is 7.11 Å². The molecular formula is C16H23NO6S. The van der Waals surface area contributed by atoms with Crippen LogP contribution in [0.1, 0.15) is 41.8 Å². The molecule has 0 aliphatic rings. The van der Waals surface area contributed by atoms with E-state index >= 15 is 0 Å². The second kappa shape index (κ2) is 7.76. The van der Waals surface area contributed by atoms with Crippen molar-refractivity contribution >= 4 is 22.0 Å². The van der Waals surface area contributed by atoms with Crippen LogP contribution in [0.4, 0.5) is 0 Å². The van der Waals surface area contributed by atoms with E-state index in [1.165, 1.54) is 19.2 Å². The van der Waals surface area contributed by atoms with Gasteiger partial charge in [-0.05, 0) is 49.4 Å². The minimum Gasteiger partial charge on any atom is -0.480 e. The fourth-order valence-electron chi connectivity index (χ4n) is 2.26. The molecule has 0 saturated heterocycles. The number of aryl methyl sites for hydroxylation is 1. The lowest BCUT2D eigenvalue weighted by Crippen LogP contribution is -2.41. The molecule has 2 N–H and O–H groups in total. The lowest BCUT2D eigenvalue weighted by atomic mass is 10.1. The zero-order valence-corrected chi connectivity index (χ0v) is 15.2. The Balaban J connectivity index is 3.33. The quantitative estimate of drug-likeness (QED) is 0.721. The largest absolute Gasteiger partial charge is 0.480 e. The first kappa shape index (κ1) is 20.1. The topological polar surface area (TPSA) is 110 Å². The predicted molar refractivity (Wildman–Crippen MR) is 88.5 cm³/mol. The number of sulfonamides is 1. The van der Waals surface area contributed by atoms with E-state index in [0.29, 0.717) is 11.1 Å². The molecule has 0 aliphatic heterocycles. The SMILES string of the molecule is COC(=O)c1cc(C)c(C)c(S(=O)(=O)N[C@H](CC(C)C)C(=O)O)c1. The number of carbonyl (C=O) groups is 2. The van der Waals surface area contributed by atoms with Gasteiger partial charge >= 0.3 is 11.9 Å². The van der Waals surface area contributed by atoms with Crippen molar-refractivity contribution in [1.29, 1.82) is 0 Å². The van der Waals surface area contributed by atoms with Crippen LogP contribution in [0.5, 0.6) is 0 Å². The molecule has 1 aromatic rings. The first-order chi connectivity index (χ1) is 11.0. The molecule has 1 aromatic carbocycles. The summed E-state index contributed by atoms with van der Waals surface area (Å²) in [5.74, 6) is -1.91. The first-order valence-corrected chi connectivity index (χ1v) is 8.92. The van der Waals surface area contributed by atoms with E-state index in [1.54, 1.807) is 27.7 Å². The third kappa shape index (κ3) is 4.78. The number of methoxy groups -OCH3 is 1. The number of carboxylic acid groups (broad SMARTS) is 1. The maximum atomic E-state index is 12.6. The summed E-state index contributed by atoms with van der Waals surface area (Å²) in [6, 6.07) is 1.49. The Morgan fingerprint density at radius 3 is 2.29 bits per heavy atom. The Labute approximate surface area is 142 Å². The van der Waals surface area contributed by atoms with Crippen molar-refractivity contribution in [2.45, 2.75) is 45.1 Å². The molecule has 0 heterocycles. The van der Waals surface area contributed by atoms with Gasteiger partial charge in [0, 0.05) is 0 Å². The van der Waals surface area contributed by atoms with Crippen molar-refractivity contribution in [1.82, 2.24) is 4.72 Å². The summed E-state index contributed by atoms with van der Waals surface area (Å²) < 4.78 is 32.1. The fraction of sp³-hybridized carbons (Fsp3) is 0.500. The number of hydrogen-bond donors (Lipinski definition) is 2. The number of nitrogens with one attached hydrogen (secondary N) is 1. The molecule has 0 aliphatic carbocycles. The zero-order valence-electron chi connectivity index (χ0n) is 14.4. The highest BCUT2D eigenvalue weighted by atomic mass is 32.2. The Bertz CT molecular complexity index is 739. The van der Waals surface area contributed by atoms with Gasteiger partial charge in [-0.15, -0.1) is 0 Å². The van der Waals surface area contributed by atoms with Crippen LogP contribution in [-0.4, -0.2) is 38.6 Å². The zero-order chi connectivity index (χ0) is 18.7. The van der Waals surface area contributed by atoms with Crippen LogP contribution in [0.2, 0.25) is 0 Å². The molecule has 0 radical (unpaired) electrons. The van der Waals surface area contributed by atoms with E-state index in [9.17, 15) is 23.1 Å². The summed E-state index contributed by atoms with van der Waals surface area (Å²) >= 11 is 0. The van der Waals surface area contributed by atoms with Gasteiger partial charge in [-0.1, -0.05) is 13.8 Å². The maximum Gasteiger partial charge on any atom is 0.337 e. The van der Waals surface area contributed by atoms with Gasteiger partial charge in [-0.25, -0.2) is 13.2 Å². The van der Waals surface area contributed by atoms with E-state index in [4.69, 9.17) is 0 Å². The molecule has 0 spiro atoms. The number of carbonyl (C=O) groups excluding carboxylic acids is 1. The second-order valence-corrected chi connectivity index (χ2v) is 7.73. The van der Waals surface area contributed by atoms with Gasteiger partial charge in [0.15, 0.2) is 0 Å². The number of aliphatic carboxylic acids is 1. The molecule has 0 amide bonds. The maximum absolute atomic E-state index is 12.6. The molecule has 1 rings (SSSR count). The summed E-state index contributed by atoms with van der Waals surface area (Å²) in [5.41, 5.74) is 1.13. The fourth-order valence-corrected chi connectivity index (χ4v) is 3.81. The number of benzene rings is 1. The van der Waals surface area contributed by atoms with Crippen LogP contribution in [0.15, 0.2) is 17.0 Å². The highest BCUT2D eigenvalue weighted by molar-refractivity contribution is 7.89. The third-order valence-corrected chi connectivity index (χ3v) is 5.23. The van der Waals surface area contributed by atoms with E-state index in [2.05, 4.69) is 9.46 Å². The number of carboxylic acids is 1. The van der Waals surface area contributed by atoms with Gasteiger partial charge in [0.05, 0.1) is 17.6 Å². The summed E-state index contributed by atoms with van der Waals surface area (Å²) in [7, 11) is -2.90. The average molecular weight is 357 g/mol. The van der Waals surface area contributed by atoms with Gasteiger partial charge in [0.2, 0.25) is 10.0 Å². The molecule has 8 heteroatoms. The standard InChI is InChI=1S/C16H23NO6S/c1-9(2)6-13(15(18)19)17-24(21,22)14-8-12(16(20)23-5)7-10(3)11(14)4/h7-9,13,17H,6H2,1-5H3,(H,18,19)/t13-/m1/s1. The van der Waals surface area contributed by atoms with E-state index in [-0.39, 0.29) is 22.8 Å². The molecule has 0 unspecified atom stereocenters. The smallest absolute Gasteiger partial charge is 0.337 e. The minimum absolute atomic E-state index is 0.00182. The average Bonchev–Trinajstić information content (AvgIpc) is 2.47. The second-order valence-electron chi connectivity index (χ2n) is 6.05. The third-order valence-electron chi connectivity index (χ3n) is 3.63. The van der Waals surface area contributed by atoms with Crippen LogP contribution in [0.25, 0.3) is 0 Å². The molecule has 0 saturated carbocycles.